The fourth-order valence-electron chi connectivity index (χ4n) is 1.38. The summed E-state index contributed by atoms with van der Waals surface area (Å²) in [6.45, 7) is 4.05. The highest BCUT2D eigenvalue weighted by Gasteiger charge is 2.14. The number of ether oxygens (including phenoxy) is 3. The highest BCUT2D eigenvalue weighted by atomic mass is 16.5. The lowest BCUT2D eigenvalue weighted by Gasteiger charge is -2.07. The van der Waals surface area contributed by atoms with E-state index in [-0.39, 0.29) is 12.1 Å². The van der Waals surface area contributed by atoms with Crippen molar-refractivity contribution in [1.82, 2.24) is 0 Å². The number of hydrogen-bond donors (Lipinski definition) is 0. The molecule has 15 heavy (non-hydrogen) atoms. The molecule has 0 amide bonds. The third-order valence-electron chi connectivity index (χ3n) is 2.08. The van der Waals surface area contributed by atoms with E-state index >= 15 is 0 Å². The van der Waals surface area contributed by atoms with Gasteiger partial charge in [0.1, 0.15) is 0 Å². The van der Waals surface area contributed by atoms with Crippen LogP contribution in [-0.2, 0) is 19.0 Å². The van der Waals surface area contributed by atoms with Crippen LogP contribution in [0.1, 0.15) is 19.8 Å². The van der Waals surface area contributed by atoms with E-state index in [1.807, 2.05) is 0 Å². The Morgan fingerprint density at radius 3 is 3.13 bits per heavy atom. The van der Waals surface area contributed by atoms with E-state index in [1.54, 1.807) is 13.0 Å². The van der Waals surface area contributed by atoms with Crippen molar-refractivity contribution in [3.05, 3.63) is 12.2 Å². The predicted molar refractivity (Wildman–Crippen MR) is 55.6 cm³/mol. The van der Waals surface area contributed by atoms with Gasteiger partial charge >= 0.3 is 5.97 Å². The van der Waals surface area contributed by atoms with Gasteiger partial charge in [-0.15, -0.1) is 0 Å². The lowest BCUT2D eigenvalue weighted by Crippen LogP contribution is -2.14. The van der Waals surface area contributed by atoms with E-state index in [4.69, 9.17) is 14.2 Å². The van der Waals surface area contributed by atoms with Gasteiger partial charge in [-0.05, 0) is 19.8 Å². The highest BCUT2D eigenvalue weighted by Crippen LogP contribution is 2.11. The second kappa shape index (κ2) is 7.43. The summed E-state index contributed by atoms with van der Waals surface area (Å²) in [5.74, 6) is -0.321. The molecule has 1 saturated heterocycles. The maximum atomic E-state index is 10.9. The molecule has 0 bridgehead atoms. The standard InChI is InChI=1S/C11H18O4/c1-2-14-11(12)6-4-7-13-9-10-5-3-8-15-10/h4,6,10H,2-3,5,7-9H2,1H3/b6-4+. The van der Waals surface area contributed by atoms with Crippen molar-refractivity contribution >= 4 is 5.97 Å². The maximum Gasteiger partial charge on any atom is 0.330 e. The van der Waals surface area contributed by atoms with Gasteiger partial charge in [-0.3, -0.25) is 0 Å². The van der Waals surface area contributed by atoms with Gasteiger partial charge in [-0.25, -0.2) is 4.79 Å². The minimum Gasteiger partial charge on any atom is -0.463 e. The number of hydrogen-bond acceptors (Lipinski definition) is 4. The predicted octanol–water partition coefficient (Wildman–Crippen LogP) is 1.30. The van der Waals surface area contributed by atoms with Crippen LogP contribution in [0, 0.1) is 0 Å². The Bertz CT molecular complexity index is 207. The molecule has 1 aliphatic heterocycles. The van der Waals surface area contributed by atoms with Crippen molar-refractivity contribution in [2.24, 2.45) is 0 Å². The molecule has 0 aromatic rings. The quantitative estimate of drug-likeness (QED) is 0.380. The van der Waals surface area contributed by atoms with Gasteiger partial charge in [0.15, 0.2) is 0 Å². The molecule has 0 radical (unpaired) electrons. The second-order valence-electron chi connectivity index (χ2n) is 3.33. The molecule has 4 heteroatoms. The highest BCUT2D eigenvalue weighted by molar-refractivity contribution is 5.81. The largest absolute Gasteiger partial charge is 0.463 e. The van der Waals surface area contributed by atoms with Crippen molar-refractivity contribution in [3.8, 4) is 0 Å². The number of rotatable bonds is 6. The Morgan fingerprint density at radius 1 is 1.60 bits per heavy atom. The first kappa shape index (κ1) is 12.2. The fraction of sp³-hybridized carbons (Fsp3) is 0.727. The molecule has 0 aromatic heterocycles. The van der Waals surface area contributed by atoms with Crippen LogP contribution < -0.4 is 0 Å². The summed E-state index contributed by atoms with van der Waals surface area (Å²) in [7, 11) is 0. The van der Waals surface area contributed by atoms with Crippen LogP contribution in [0.2, 0.25) is 0 Å². The van der Waals surface area contributed by atoms with E-state index in [9.17, 15) is 4.79 Å². The average molecular weight is 214 g/mol. The van der Waals surface area contributed by atoms with E-state index in [1.165, 1.54) is 6.08 Å². The number of esters is 1. The molecule has 1 unspecified atom stereocenters. The van der Waals surface area contributed by atoms with Crippen molar-refractivity contribution in [2.45, 2.75) is 25.9 Å². The third kappa shape index (κ3) is 5.54. The maximum absolute atomic E-state index is 10.9. The Morgan fingerprint density at radius 2 is 2.47 bits per heavy atom. The smallest absolute Gasteiger partial charge is 0.330 e. The summed E-state index contributed by atoms with van der Waals surface area (Å²) in [4.78, 5) is 10.9. The number of carbonyl (C=O) groups excluding carboxylic acids is 1. The molecule has 0 N–H and O–H groups in total. The van der Waals surface area contributed by atoms with Gasteiger partial charge in [0, 0.05) is 12.7 Å². The Hall–Kier alpha value is -0.870. The first-order valence-electron chi connectivity index (χ1n) is 5.35. The Labute approximate surface area is 90.2 Å². The molecule has 0 aromatic carbocycles. The normalized spacial score (nSPS) is 21.0. The average Bonchev–Trinajstić information content (AvgIpc) is 2.70. The van der Waals surface area contributed by atoms with E-state index in [2.05, 4.69) is 0 Å². The molecule has 1 fully saturated rings. The van der Waals surface area contributed by atoms with Crippen molar-refractivity contribution in [3.63, 3.8) is 0 Å². The molecule has 1 aliphatic rings. The van der Waals surface area contributed by atoms with Gasteiger partial charge in [0.2, 0.25) is 0 Å². The first-order valence-corrected chi connectivity index (χ1v) is 5.35. The van der Waals surface area contributed by atoms with E-state index in [0.29, 0.717) is 19.8 Å². The molecular weight excluding hydrogens is 196 g/mol. The van der Waals surface area contributed by atoms with Crippen molar-refractivity contribution in [2.75, 3.05) is 26.4 Å². The zero-order chi connectivity index (χ0) is 10.9. The minimum atomic E-state index is -0.321. The van der Waals surface area contributed by atoms with Crippen LogP contribution >= 0.6 is 0 Å². The van der Waals surface area contributed by atoms with Crippen LogP contribution in [0.4, 0.5) is 0 Å². The Kier molecular flexibility index (Phi) is 6.04. The molecular formula is C11H18O4. The molecule has 0 saturated carbocycles. The zero-order valence-electron chi connectivity index (χ0n) is 9.11. The van der Waals surface area contributed by atoms with Crippen LogP contribution in [-0.4, -0.2) is 38.5 Å². The molecule has 0 aliphatic carbocycles. The molecule has 86 valence electrons. The lowest BCUT2D eigenvalue weighted by atomic mass is 10.2. The molecule has 1 rings (SSSR count). The summed E-state index contributed by atoms with van der Waals surface area (Å²) in [6.07, 6.45) is 5.47. The van der Waals surface area contributed by atoms with E-state index < -0.39 is 0 Å². The second-order valence-corrected chi connectivity index (χ2v) is 3.33. The van der Waals surface area contributed by atoms with Crippen LogP contribution in [0.5, 0.6) is 0 Å². The van der Waals surface area contributed by atoms with E-state index in [0.717, 1.165) is 19.4 Å². The SMILES string of the molecule is CCOC(=O)/C=C/COCC1CCCO1. The van der Waals surface area contributed by atoms with Crippen molar-refractivity contribution in [1.29, 1.82) is 0 Å². The summed E-state index contributed by atoms with van der Waals surface area (Å²) < 4.78 is 15.4. The van der Waals surface area contributed by atoms with Gasteiger partial charge in [-0.2, -0.15) is 0 Å². The zero-order valence-corrected chi connectivity index (χ0v) is 9.11. The number of carbonyl (C=O) groups is 1. The topological polar surface area (TPSA) is 44.8 Å². The molecule has 1 heterocycles. The molecule has 4 nitrogen and oxygen atoms in total. The summed E-state index contributed by atoms with van der Waals surface area (Å²) in [5.41, 5.74) is 0. The lowest BCUT2D eigenvalue weighted by molar-refractivity contribution is -0.137. The minimum absolute atomic E-state index is 0.237. The molecule has 1 atom stereocenters. The monoisotopic (exact) mass is 214 g/mol. The van der Waals surface area contributed by atoms with Crippen LogP contribution in [0.25, 0.3) is 0 Å². The van der Waals surface area contributed by atoms with Gasteiger partial charge < -0.3 is 14.2 Å². The van der Waals surface area contributed by atoms with Crippen LogP contribution in [0.15, 0.2) is 12.2 Å². The first-order chi connectivity index (χ1) is 7.33. The van der Waals surface area contributed by atoms with Gasteiger partial charge in [0.05, 0.1) is 25.9 Å². The van der Waals surface area contributed by atoms with Crippen molar-refractivity contribution < 1.29 is 19.0 Å². The summed E-state index contributed by atoms with van der Waals surface area (Å²) in [6, 6.07) is 0. The third-order valence-corrected chi connectivity index (χ3v) is 2.08. The summed E-state index contributed by atoms with van der Waals surface area (Å²) in [5, 5.41) is 0. The molecule has 0 spiro atoms. The Balaban J connectivity index is 1.97. The fourth-order valence-corrected chi connectivity index (χ4v) is 1.38. The summed E-state index contributed by atoms with van der Waals surface area (Å²) >= 11 is 0. The van der Waals surface area contributed by atoms with Gasteiger partial charge in [-0.1, -0.05) is 6.08 Å². The van der Waals surface area contributed by atoms with Crippen LogP contribution in [0.3, 0.4) is 0 Å². The van der Waals surface area contributed by atoms with Gasteiger partial charge in [0.25, 0.3) is 0 Å².